The van der Waals surface area contributed by atoms with E-state index >= 15 is 0 Å². The number of hydrogen-bond donors (Lipinski definition) is 2. The lowest BCUT2D eigenvalue weighted by atomic mass is 10.0. The standard InChI is InChI=1S/C13H19FN2O2S/c1-12(2)11(13(12,3)4)16-19(17,18)8-5-6-9(14)10(15)7-8/h5-7,11,16H,15H2,1-4H3. The zero-order chi connectivity index (χ0) is 14.6. The lowest BCUT2D eigenvalue weighted by molar-refractivity contribution is 0.457. The minimum absolute atomic E-state index is 0.00935. The number of nitrogens with two attached hydrogens (primary N) is 1. The third kappa shape index (κ3) is 2.12. The van der Waals surface area contributed by atoms with Crippen molar-refractivity contribution in [2.75, 3.05) is 5.73 Å². The summed E-state index contributed by atoms with van der Waals surface area (Å²) in [5, 5.41) is 0. The monoisotopic (exact) mass is 286 g/mol. The van der Waals surface area contributed by atoms with E-state index < -0.39 is 15.8 Å². The van der Waals surface area contributed by atoms with Crippen molar-refractivity contribution in [1.82, 2.24) is 4.72 Å². The average molecular weight is 286 g/mol. The van der Waals surface area contributed by atoms with Crippen molar-refractivity contribution in [2.45, 2.75) is 38.6 Å². The van der Waals surface area contributed by atoms with E-state index in [4.69, 9.17) is 5.73 Å². The van der Waals surface area contributed by atoms with Crippen LogP contribution in [0.2, 0.25) is 0 Å². The van der Waals surface area contributed by atoms with Gasteiger partial charge in [-0.3, -0.25) is 0 Å². The van der Waals surface area contributed by atoms with Crippen molar-refractivity contribution in [3.63, 3.8) is 0 Å². The van der Waals surface area contributed by atoms with Gasteiger partial charge in [-0.2, -0.15) is 0 Å². The van der Waals surface area contributed by atoms with Gasteiger partial charge in [0.2, 0.25) is 10.0 Å². The molecule has 0 aliphatic heterocycles. The topological polar surface area (TPSA) is 72.2 Å². The van der Waals surface area contributed by atoms with E-state index in [0.717, 1.165) is 12.1 Å². The van der Waals surface area contributed by atoms with Crippen LogP contribution in [0.3, 0.4) is 0 Å². The molecular formula is C13H19FN2O2S. The molecule has 3 N–H and O–H groups in total. The molecule has 0 bridgehead atoms. The molecule has 0 aromatic heterocycles. The van der Waals surface area contributed by atoms with Gasteiger partial charge in [0.05, 0.1) is 10.6 Å². The molecule has 19 heavy (non-hydrogen) atoms. The molecular weight excluding hydrogens is 267 g/mol. The van der Waals surface area contributed by atoms with Gasteiger partial charge >= 0.3 is 0 Å². The summed E-state index contributed by atoms with van der Waals surface area (Å²) in [7, 11) is -3.68. The highest BCUT2D eigenvalue weighted by atomic mass is 32.2. The number of rotatable bonds is 3. The van der Waals surface area contributed by atoms with Crippen molar-refractivity contribution >= 4 is 15.7 Å². The molecule has 0 amide bonds. The van der Waals surface area contributed by atoms with E-state index in [2.05, 4.69) is 4.72 Å². The Morgan fingerprint density at radius 3 is 2.16 bits per heavy atom. The Balaban J connectivity index is 2.28. The highest BCUT2D eigenvalue weighted by Gasteiger charge is 2.66. The molecule has 1 saturated carbocycles. The van der Waals surface area contributed by atoms with Gasteiger partial charge in [0.1, 0.15) is 5.82 Å². The summed E-state index contributed by atoms with van der Waals surface area (Å²) < 4.78 is 40.2. The van der Waals surface area contributed by atoms with Crippen molar-refractivity contribution in [3.8, 4) is 0 Å². The minimum Gasteiger partial charge on any atom is -0.396 e. The van der Waals surface area contributed by atoms with Crippen LogP contribution >= 0.6 is 0 Å². The molecule has 0 radical (unpaired) electrons. The quantitative estimate of drug-likeness (QED) is 0.836. The smallest absolute Gasteiger partial charge is 0.240 e. The number of nitrogen functional groups attached to an aromatic ring is 1. The molecule has 0 heterocycles. The summed E-state index contributed by atoms with van der Waals surface area (Å²) in [6.07, 6.45) is 0. The first kappa shape index (κ1) is 14.3. The van der Waals surface area contributed by atoms with Crippen LogP contribution in [0.1, 0.15) is 27.7 Å². The van der Waals surface area contributed by atoms with E-state index in [-0.39, 0.29) is 27.5 Å². The largest absolute Gasteiger partial charge is 0.396 e. The Morgan fingerprint density at radius 1 is 1.21 bits per heavy atom. The van der Waals surface area contributed by atoms with Gasteiger partial charge < -0.3 is 5.73 Å². The van der Waals surface area contributed by atoms with Crippen LogP contribution in [0.4, 0.5) is 10.1 Å². The number of halogens is 1. The van der Waals surface area contributed by atoms with Crippen molar-refractivity contribution in [3.05, 3.63) is 24.0 Å². The van der Waals surface area contributed by atoms with E-state index in [1.165, 1.54) is 6.07 Å². The molecule has 6 heteroatoms. The van der Waals surface area contributed by atoms with E-state index in [9.17, 15) is 12.8 Å². The van der Waals surface area contributed by atoms with Crippen molar-refractivity contribution < 1.29 is 12.8 Å². The second-order valence-electron chi connectivity index (χ2n) is 6.18. The summed E-state index contributed by atoms with van der Waals surface area (Å²) in [5.41, 5.74) is 5.02. The van der Waals surface area contributed by atoms with Crippen LogP contribution in [0, 0.1) is 16.6 Å². The Bertz CT molecular complexity index is 610. The summed E-state index contributed by atoms with van der Waals surface area (Å²) in [4.78, 5) is -0.00935. The molecule has 1 aliphatic carbocycles. The number of anilines is 1. The zero-order valence-electron chi connectivity index (χ0n) is 11.5. The fraction of sp³-hybridized carbons (Fsp3) is 0.538. The highest BCUT2D eigenvalue weighted by Crippen LogP contribution is 2.62. The van der Waals surface area contributed by atoms with E-state index in [0.29, 0.717) is 0 Å². The first-order chi connectivity index (χ1) is 8.50. The maximum atomic E-state index is 13.1. The SMILES string of the molecule is CC1(C)C(NS(=O)(=O)c2ccc(F)c(N)c2)C1(C)C. The van der Waals surface area contributed by atoms with Crippen molar-refractivity contribution in [2.24, 2.45) is 10.8 Å². The van der Waals surface area contributed by atoms with Crippen LogP contribution in [0.25, 0.3) is 0 Å². The first-order valence-corrected chi connectivity index (χ1v) is 7.56. The Kier molecular flexibility index (Phi) is 2.95. The number of nitrogens with one attached hydrogen (secondary N) is 1. The van der Waals surface area contributed by atoms with Crippen LogP contribution in [0.15, 0.2) is 23.1 Å². The Morgan fingerprint density at radius 2 is 1.74 bits per heavy atom. The molecule has 0 unspecified atom stereocenters. The third-order valence-electron chi connectivity index (χ3n) is 4.57. The van der Waals surface area contributed by atoms with Crippen molar-refractivity contribution in [1.29, 1.82) is 0 Å². The van der Waals surface area contributed by atoms with E-state index in [1.807, 2.05) is 27.7 Å². The number of hydrogen-bond acceptors (Lipinski definition) is 3. The number of benzene rings is 1. The van der Waals surface area contributed by atoms with Crippen LogP contribution in [-0.2, 0) is 10.0 Å². The maximum absolute atomic E-state index is 13.1. The fourth-order valence-electron chi connectivity index (χ4n) is 2.40. The summed E-state index contributed by atoms with van der Waals surface area (Å²) >= 11 is 0. The minimum atomic E-state index is -3.68. The normalized spacial score (nSPS) is 21.3. The molecule has 0 spiro atoms. The van der Waals surface area contributed by atoms with Gasteiger partial charge in [0, 0.05) is 6.04 Å². The predicted octanol–water partition coefficient (Wildman–Crippen LogP) is 2.12. The Hall–Kier alpha value is -1.14. The average Bonchev–Trinajstić information content (AvgIpc) is 2.64. The van der Waals surface area contributed by atoms with Crippen LogP contribution in [0.5, 0.6) is 0 Å². The molecule has 1 aliphatic rings. The third-order valence-corrected chi connectivity index (χ3v) is 5.99. The lowest BCUT2D eigenvalue weighted by Gasteiger charge is -2.09. The lowest BCUT2D eigenvalue weighted by Crippen LogP contribution is -2.30. The van der Waals surface area contributed by atoms with Crippen LogP contribution < -0.4 is 10.5 Å². The second-order valence-corrected chi connectivity index (χ2v) is 7.89. The molecule has 106 valence electrons. The molecule has 1 fully saturated rings. The molecule has 0 saturated heterocycles. The summed E-state index contributed by atoms with van der Waals surface area (Å²) in [6, 6.07) is 3.28. The first-order valence-electron chi connectivity index (χ1n) is 6.07. The van der Waals surface area contributed by atoms with Gasteiger partial charge in [0.25, 0.3) is 0 Å². The zero-order valence-corrected chi connectivity index (χ0v) is 12.3. The second kappa shape index (κ2) is 3.93. The molecule has 1 aromatic carbocycles. The van der Waals surface area contributed by atoms with Gasteiger partial charge in [-0.05, 0) is 29.0 Å². The Labute approximate surface area is 113 Å². The van der Waals surface area contributed by atoms with Crippen LogP contribution in [-0.4, -0.2) is 14.5 Å². The number of sulfonamides is 1. The molecule has 1 aromatic rings. The molecule has 4 nitrogen and oxygen atoms in total. The molecule has 2 rings (SSSR count). The van der Waals surface area contributed by atoms with E-state index in [1.54, 1.807) is 0 Å². The van der Waals surface area contributed by atoms with Gasteiger partial charge in [-0.1, -0.05) is 27.7 Å². The van der Waals surface area contributed by atoms with Gasteiger partial charge in [-0.25, -0.2) is 17.5 Å². The predicted molar refractivity (Wildman–Crippen MR) is 72.5 cm³/mol. The highest BCUT2D eigenvalue weighted by molar-refractivity contribution is 7.89. The van der Waals surface area contributed by atoms with Gasteiger partial charge in [0.15, 0.2) is 0 Å². The summed E-state index contributed by atoms with van der Waals surface area (Å²) in [5.74, 6) is -0.619. The van der Waals surface area contributed by atoms with Gasteiger partial charge in [-0.15, -0.1) is 0 Å². The fourth-order valence-corrected chi connectivity index (χ4v) is 3.97. The maximum Gasteiger partial charge on any atom is 0.240 e. The molecule has 0 atom stereocenters. The summed E-state index contributed by atoms with van der Waals surface area (Å²) in [6.45, 7) is 8.05.